The summed E-state index contributed by atoms with van der Waals surface area (Å²) >= 11 is 0. The first kappa shape index (κ1) is 55.4. The van der Waals surface area contributed by atoms with Crippen molar-refractivity contribution in [3.05, 3.63) is 202 Å². The topological polar surface area (TPSA) is 9.72 Å². The predicted molar refractivity (Wildman–Crippen MR) is 359 cm³/mol. The highest BCUT2D eigenvalue weighted by molar-refractivity contribution is 7.00. The van der Waals surface area contributed by atoms with Gasteiger partial charge in [-0.1, -0.05) is 204 Å². The number of rotatable bonds is 5. The van der Waals surface area contributed by atoms with E-state index in [0.29, 0.717) is 0 Å². The molecule has 0 N–H and O–H groups in total. The Morgan fingerprint density at radius 1 is 0.349 bits per heavy atom. The van der Waals surface area contributed by atoms with E-state index in [4.69, 9.17) is 0 Å². The van der Waals surface area contributed by atoms with Crippen molar-refractivity contribution in [1.82, 2.24) is 0 Å². The van der Waals surface area contributed by atoms with Crippen LogP contribution in [0, 0.1) is 0 Å². The van der Waals surface area contributed by atoms with Crippen molar-refractivity contribution in [3.63, 3.8) is 0 Å². The first-order valence-corrected chi connectivity index (χ1v) is 31.3. The van der Waals surface area contributed by atoms with Crippen LogP contribution in [0.4, 0.5) is 51.2 Å². The standard InChI is InChI=1S/C79H90BN3/c1-72(2,3)49-24-28-52(29-25-49)81(53-30-26-50(27-31-53)73(4,5)6)56-34-37-65-67(46-56)82(54-32-35-60-58(44-54)57-22-20-21-23-59(57)79(60,18)19)69-42-51(74(7,8)9)43-70-71(69)80(65)66-47-63-64(78(16,17)41-40-77(63,14)15)48-68(66)83(70)55-33-36-61-62(45-55)76(12,13)39-38-75(61,10)11/h20-37,42-48H,38-41H2,1-19H3. The Morgan fingerprint density at radius 3 is 1.31 bits per heavy atom. The molecule has 0 bridgehead atoms. The molecule has 8 aromatic carbocycles. The molecular weight excluding hydrogens is 1000 g/mol. The van der Waals surface area contributed by atoms with E-state index in [-0.39, 0.29) is 50.0 Å². The van der Waals surface area contributed by atoms with Crippen molar-refractivity contribution in [2.45, 2.75) is 201 Å². The lowest BCUT2D eigenvalue weighted by Gasteiger charge is -2.48. The van der Waals surface area contributed by atoms with Crippen LogP contribution in [0.1, 0.15) is 207 Å². The fraction of sp³-hybridized carbons (Fsp3) is 0.392. The molecule has 0 fully saturated rings. The molecule has 0 saturated carbocycles. The number of fused-ring (bicyclic) bond motifs is 9. The summed E-state index contributed by atoms with van der Waals surface area (Å²) in [5.74, 6) is 0. The van der Waals surface area contributed by atoms with Crippen LogP contribution in [0.5, 0.6) is 0 Å². The molecule has 83 heavy (non-hydrogen) atoms. The first-order chi connectivity index (χ1) is 38.8. The van der Waals surface area contributed by atoms with Crippen LogP contribution in [0.15, 0.2) is 152 Å². The zero-order chi connectivity index (χ0) is 59.1. The van der Waals surface area contributed by atoms with Crippen LogP contribution >= 0.6 is 0 Å². The van der Waals surface area contributed by atoms with Gasteiger partial charge in [-0.15, -0.1) is 0 Å². The van der Waals surface area contributed by atoms with Gasteiger partial charge in [-0.2, -0.15) is 0 Å². The van der Waals surface area contributed by atoms with Gasteiger partial charge in [-0.25, -0.2) is 0 Å². The summed E-state index contributed by atoms with van der Waals surface area (Å²) in [6.07, 6.45) is 4.66. The summed E-state index contributed by atoms with van der Waals surface area (Å²) in [5.41, 5.74) is 30.4. The van der Waals surface area contributed by atoms with E-state index in [9.17, 15) is 0 Å². The molecule has 3 aliphatic carbocycles. The molecule has 3 nitrogen and oxygen atoms in total. The number of anilines is 9. The molecule has 8 aromatic rings. The molecule has 0 saturated heterocycles. The molecule has 2 aliphatic heterocycles. The first-order valence-electron chi connectivity index (χ1n) is 31.3. The van der Waals surface area contributed by atoms with E-state index in [1.165, 1.54) is 125 Å². The Bertz CT molecular complexity index is 3900. The lowest BCUT2D eigenvalue weighted by molar-refractivity contribution is 0.332. The highest BCUT2D eigenvalue weighted by Gasteiger charge is 2.48. The van der Waals surface area contributed by atoms with E-state index in [1.807, 2.05) is 0 Å². The lowest BCUT2D eigenvalue weighted by Crippen LogP contribution is -2.62. The normalized spacial score (nSPS) is 18.3. The summed E-state index contributed by atoms with van der Waals surface area (Å²) in [4.78, 5) is 7.93. The third kappa shape index (κ3) is 8.71. The second kappa shape index (κ2) is 18.1. The molecule has 4 heteroatoms. The van der Waals surface area contributed by atoms with Crippen LogP contribution < -0.4 is 31.1 Å². The third-order valence-corrected chi connectivity index (χ3v) is 21.1. The molecule has 0 spiro atoms. The Hall–Kier alpha value is -6.78. The van der Waals surface area contributed by atoms with Gasteiger partial charge < -0.3 is 14.7 Å². The van der Waals surface area contributed by atoms with E-state index < -0.39 is 0 Å². The Kier molecular flexibility index (Phi) is 12.1. The molecule has 5 aliphatic rings. The molecule has 2 heterocycles. The van der Waals surface area contributed by atoms with Gasteiger partial charge in [0, 0.05) is 56.6 Å². The highest BCUT2D eigenvalue weighted by Crippen LogP contribution is 2.56. The van der Waals surface area contributed by atoms with Crippen molar-refractivity contribution in [2.75, 3.05) is 14.7 Å². The van der Waals surface area contributed by atoms with Crippen LogP contribution in [0.3, 0.4) is 0 Å². The van der Waals surface area contributed by atoms with Gasteiger partial charge in [0.05, 0.1) is 0 Å². The number of hydrogen-bond donors (Lipinski definition) is 0. The average Bonchev–Trinajstić information content (AvgIpc) is 1.15. The summed E-state index contributed by atoms with van der Waals surface area (Å²) in [5, 5.41) is 0. The molecule has 0 radical (unpaired) electrons. The molecule has 13 rings (SSSR count). The quantitative estimate of drug-likeness (QED) is 0.159. The summed E-state index contributed by atoms with van der Waals surface area (Å²) in [7, 11) is 0. The minimum Gasteiger partial charge on any atom is -0.311 e. The van der Waals surface area contributed by atoms with Gasteiger partial charge >= 0.3 is 0 Å². The van der Waals surface area contributed by atoms with Crippen molar-refractivity contribution < 1.29 is 0 Å². The summed E-state index contributed by atoms with van der Waals surface area (Å²) in [6.45, 7) is 45.7. The Morgan fingerprint density at radius 2 is 0.783 bits per heavy atom. The zero-order valence-electron chi connectivity index (χ0n) is 53.7. The fourth-order valence-corrected chi connectivity index (χ4v) is 15.4. The maximum atomic E-state index is 2.74. The lowest BCUT2D eigenvalue weighted by atomic mass is 9.33. The second-order valence-electron chi connectivity index (χ2n) is 32.1. The molecule has 424 valence electrons. The van der Waals surface area contributed by atoms with Gasteiger partial charge in [-0.3, -0.25) is 0 Å². The fourth-order valence-electron chi connectivity index (χ4n) is 15.4. The largest absolute Gasteiger partial charge is 0.311 e. The average molecular weight is 1090 g/mol. The summed E-state index contributed by atoms with van der Waals surface area (Å²) in [6, 6.07) is 61.0. The molecule has 0 amide bonds. The Balaban J connectivity index is 1.14. The highest BCUT2D eigenvalue weighted by atomic mass is 15.2. The van der Waals surface area contributed by atoms with Crippen LogP contribution in [-0.2, 0) is 43.3 Å². The van der Waals surface area contributed by atoms with Crippen LogP contribution in [0.2, 0.25) is 0 Å². The molecule has 0 unspecified atom stereocenters. The van der Waals surface area contributed by atoms with Gasteiger partial charge in [0.2, 0.25) is 0 Å². The maximum Gasteiger partial charge on any atom is 0.252 e. The van der Waals surface area contributed by atoms with Gasteiger partial charge in [0.15, 0.2) is 0 Å². The van der Waals surface area contributed by atoms with Gasteiger partial charge in [0.25, 0.3) is 6.71 Å². The van der Waals surface area contributed by atoms with E-state index in [1.54, 1.807) is 0 Å². The molecular formula is C79H90BN3. The monoisotopic (exact) mass is 1090 g/mol. The van der Waals surface area contributed by atoms with Crippen LogP contribution in [0.25, 0.3) is 11.1 Å². The second-order valence-corrected chi connectivity index (χ2v) is 32.1. The van der Waals surface area contributed by atoms with E-state index in [0.717, 1.165) is 29.9 Å². The molecule has 0 aromatic heterocycles. The maximum absolute atomic E-state index is 2.74. The minimum atomic E-state index is -0.166. The van der Waals surface area contributed by atoms with Crippen LogP contribution in [-0.4, -0.2) is 6.71 Å². The Labute approximate surface area is 499 Å². The molecule has 0 atom stereocenters. The number of nitrogens with zero attached hydrogens (tertiary/aromatic N) is 3. The minimum absolute atomic E-state index is 0.0127. The number of hydrogen-bond acceptors (Lipinski definition) is 3. The van der Waals surface area contributed by atoms with E-state index in [2.05, 4.69) is 298 Å². The van der Waals surface area contributed by atoms with E-state index >= 15 is 0 Å². The SMILES string of the molecule is CC(C)(C)c1ccc(N(c2ccc(C(C)(C)C)cc2)c2ccc3c(c2)N(c2ccc4c(c2)-c2ccccc2C4(C)C)c2cc(C(C)(C)C)cc4c2B3c2cc3c(cc2N4c2ccc4c(c2)C(C)(C)CCC4(C)C)C(C)(C)CCC3(C)C)cc1. The van der Waals surface area contributed by atoms with Crippen molar-refractivity contribution in [3.8, 4) is 11.1 Å². The smallest absolute Gasteiger partial charge is 0.252 e. The third-order valence-electron chi connectivity index (χ3n) is 21.1. The van der Waals surface area contributed by atoms with Crippen molar-refractivity contribution in [1.29, 1.82) is 0 Å². The van der Waals surface area contributed by atoms with Gasteiger partial charge in [0.1, 0.15) is 0 Å². The van der Waals surface area contributed by atoms with Crippen molar-refractivity contribution in [2.24, 2.45) is 0 Å². The predicted octanol–water partition coefficient (Wildman–Crippen LogP) is 20.1. The van der Waals surface area contributed by atoms with Gasteiger partial charge in [-0.05, 0) is 220 Å². The summed E-state index contributed by atoms with van der Waals surface area (Å²) < 4.78 is 0. The van der Waals surface area contributed by atoms with Crippen molar-refractivity contribution >= 4 is 74.3 Å². The zero-order valence-corrected chi connectivity index (χ0v) is 53.7. The number of benzene rings is 8.